The van der Waals surface area contributed by atoms with Gasteiger partial charge in [0.1, 0.15) is 5.01 Å². The number of benzene rings is 1. The molecule has 0 N–H and O–H groups in total. The zero-order valence-electron chi connectivity index (χ0n) is 11.5. The predicted octanol–water partition coefficient (Wildman–Crippen LogP) is 4.48. The van der Waals surface area contributed by atoms with E-state index in [1.807, 2.05) is 13.0 Å². The summed E-state index contributed by atoms with van der Waals surface area (Å²) in [5.41, 5.74) is 1.81. The lowest BCUT2D eigenvalue weighted by Crippen LogP contribution is -2.08. The summed E-state index contributed by atoms with van der Waals surface area (Å²) in [5.74, 6) is -0.468. The third kappa shape index (κ3) is 2.99. The number of aromatic nitrogens is 1. The minimum Gasteiger partial charge on any atom is -0.293 e. The fourth-order valence-electron chi connectivity index (χ4n) is 2.25. The molecule has 5 heteroatoms. The van der Waals surface area contributed by atoms with E-state index in [0.29, 0.717) is 15.9 Å². The molecule has 1 heterocycles. The normalized spacial score (nSPS) is 16.7. The highest BCUT2D eigenvalue weighted by molar-refractivity contribution is 7.18. The Labute approximate surface area is 131 Å². The van der Waals surface area contributed by atoms with Gasteiger partial charge in [0.25, 0.3) is 0 Å². The molecule has 1 fully saturated rings. The van der Waals surface area contributed by atoms with Crippen LogP contribution in [0.2, 0.25) is 5.02 Å². The molecule has 1 aromatic carbocycles. The number of fused-ring (bicyclic) bond motifs is 1. The Kier molecular flexibility index (Phi) is 3.79. The van der Waals surface area contributed by atoms with Gasteiger partial charge in [-0.2, -0.15) is 5.26 Å². The lowest BCUT2D eigenvalue weighted by atomic mass is 10.0. The molecular formula is C16H13ClN2OS. The first-order valence-corrected chi connectivity index (χ1v) is 7.95. The maximum absolute atomic E-state index is 12.3. The number of thiazole rings is 1. The van der Waals surface area contributed by atoms with Crippen molar-refractivity contribution < 1.29 is 4.79 Å². The van der Waals surface area contributed by atoms with E-state index in [4.69, 9.17) is 11.6 Å². The smallest absolute Gasteiger partial charge is 0.179 e. The summed E-state index contributed by atoms with van der Waals surface area (Å²) in [6.07, 6.45) is 3.91. The van der Waals surface area contributed by atoms with Crippen LogP contribution in [-0.2, 0) is 4.79 Å². The van der Waals surface area contributed by atoms with Crippen LogP contribution in [0.1, 0.15) is 30.7 Å². The van der Waals surface area contributed by atoms with Crippen molar-refractivity contribution in [2.24, 2.45) is 5.92 Å². The maximum Gasteiger partial charge on any atom is 0.179 e. The Bertz CT molecular complexity index is 783. The van der Waals surface area contributed by atoms with Gasteiger partial charge in [0.05, 0.1) is 16.3 Å². The summed E-state index contributed by atoms with van der Waals surface area (Å²) in [7, 11) is 0. The van der Waals surface area contributed by atoms with Crippen molar-refractivity contribution in [2.45, 2.75) is 25.7 Å². The average molecular weight is 317 g/mol. The highest BCUT2D eigenvalue weighted by atomic mass is 35.5. The number of hydrogen-bond donors (Lipinski definition) is 0. The molecule has 0 aliphatic heterocycles. The summed E-state index contributed by atoms with van der Waals surface area (Å²) in [4.78, 5) is 16.7. The fourth-order valence-corrected chi connectivity index (χ4v) is 3.41. The topological polar surface area (TPSA) is 53.8 Å². The van der Waals surface area contributed by atoms with E-state index in [9.17, 15) is 10.1 Å². The molecule has 1 aromatic heterocycles. The molecule has 1 aliphatic rings. The predicted molar refractivity (Wildman–Crippen MR) is 84.5 cm³/mol. The molecule has 1 saturated carbocycles. The number of allylic oxidation sites excluding steroid dienone is 2. The molecule has 3 nitrogen and oxygen atoms in total. The van der Waals surface area contributed by atoms with E-state index in [-0.39, 0.29) is 5.78 Å². The number of carbonyl (C=O) groups excluding carboxylic acids is 1. The lowest BCUT2D eigenvalue weighted by Gasteiger charge is -2.02. The summed E-state index contributed by atoms with van der Waals surface area (Å²) in [6.45, 7) is 1.96. The van der Waals surface area contributed by atoms with Crippen LogP contribution in [0.5, 0.6) is 0 Å². The number of rotatable bonds is 4. The summed E-state index contributed by atoms with van der Waals surface area (Å²) in [5, 5.41) is 10.5. The molecule has 0 unspecified atom stereocenters. The zero-order valence-corrected chi connectivity index (χ0v) is 13.0. The number of halogens is 1. The standard InChI is InChI=1S/C16H13ClN2OS/c1-9(10-2-3-10)6-14(20)12(8-18)16-19-13-7-11(17)4-5-15(13)21-16/h4-7,10,12H,2-3H2,1H3/b9-6-/t12-/m1/s1. The van der Waals surface area contributed by atoms with Gasteiger partial charge in [0.2, 0.25) is 0 Å². The number of ketones is 1. The van der Waals surface area contributed by atoms with Crippen LogP contribution < -0.4 is 0 Å². The molecule has 0 spiro atoms. The number of nitriles is 1. The minimum atomic E-state index is -0.824. The van der Waals surface area contributed by atoms with E-state index >= 15 is 0 Å². The Morgan fingerprint density at radius 3 is 3.00 bits per heavy atom. The molecule has 21 heavy (non-hydrogen) atoms. The lowest BCUT2D eigenvalue weighted by molar-refractivity contribution is -0.114. The van der Waals surface area contributed by atoms with Crippen LogP contribution in [0.25, 0.3) is 10.2 Å². The molecule has 0 bridgehead atoms. The van der Waals surface area contributed by atoms with Gasteiger partial charge in [-0.3, -0.25) is 4.79 Å². The van der Waals surface area contributed by atoms with Crippen molar-refractivity contribution in [1.82, 2.24) is 4.98 Å². The van der Waals surface area contributed by atoms with Gasteiger partial charge in [0.15, 0.2) is 11.7 Å². The molecule has 0 saturated heterocycles. The molecule has 106 valence electrons. The largest absolute Gasteiger partial charge is 0.293 e. The quantitative estimate of drug-likeness (QED) is 0.781. The van der Waals surface area contributed by atoms with E-state index < -0.39 is 5.92 Å². The SMILES string of the molecule is C/C(=C/C(=O)[C@@H](C#N)c1nc2cc(Cl)ccc2s1)C1CC1. The van der Waals surface area contributed by atoms with E-state index in [0.717, 1.165) is 28.6 Å². The fraction of sp³-hybridized carbons (Fsp3) is 0.312. The molecule has 1 atom stereocenters. The van der Waals surface area contributed by atoms with Crippen LogP contribution in [-0.4, -0.2) is 10.8 Å². The van der Waals surface area contributed by atoms with Gasteiger partial charge in [-0.1, -0.05) is 17.2 Å². The maximum atomic E-state index is 12.3. The van der Waals surface area contributed by atoms with E-state index in [2.05, 4.69) is 11.1 Å². The van der Waals surface area contributed by atoms with Gasteiger partial charge >= 0.3 is 0 Å². The van der Waals surface area contributed by atoms with E-state index in [1.54, 1.807) is 18.2 Å². The van der Waals surface area contributed by atoms with Crippen molar-refractivity contribution in [3.63, 3.8) is 0 Å². The zero-order chi connectivity index (χ0) is 15.0. The van der Waals surface area contributed by atoms with Crippen molar-refractivity contribution in [3.8, 4) is 6.07 Å². The van der Waals surface area contributed by atoms with Gasteiger partial charge < -0.3 is 0 Å². The second-order valence-corrected chi connectivity index (χ2v) is 6.79. The Hall–Kier alpha value is -1.70. The second kappa shape index (κ2) is 5.59. The molecular weight excluding hydrogens is 304 g/mol. The first-order valence-electron chi connectivity index (χ1n) is 6.76. The number of nitrogens with zero attached hydrogens (tertiary/aromatic N) is 2. The first-order chi connectivity index (χ1) is 10.1. The van der Waals surface area contributed by atoms with E-state index in [1.165, 1.54) is 11.3 Å². The Balaban J connectivity index is 1.92. The van der Waals surface area contributed by atoms with Gasteiger partial charge in [-0.15, -0.1) is 11.3 Å². The molecule has 0 amide bonds. The highest BCUT2D eigenvalue weighted by Gasteiger charge is 2.27. The van der Waals surface area contributed by atoms with Crippen LogP contribution in [0.3, 0.4) is 0 Å². The minimum absolute atomic E-state index is 0.174. The van der Waals surface area contributed by atoms with Gasteiger partial charge in [0, 0.05) is 5.02 Å². The number of carbonyl (C=O) groups is 1. The monoisotopic (exact) mass is 316 g/mol. The first kappa shape index (κ1) is 14.2. The van der Waals surface area contributed by atoms with Crippen molar-refractivity contribution in [2.75, 3.05) is 0 Å². The summed E-state index contributed by atoms with van der Waals surface area (Å²) in [6, 6.07) is 7.48. The van der Waals surface area contributed by atoms with Crippen molar-refractivity contribution in [3.05, 3.63) is 39.9 Å². The van der Waals surface area contributed by atoms with Crippen molar-refractivity contribution >= 4 is 38.9 Å². The van der Waals surface area contributed by atoms with Crippen LogP contribution in [0.15, 0.2) is 29.8 Å². The Morgan fingerprint density at radius 2 is 2.33 bits per heavy atom. The second-order valence-electron chi connectivity index (χ2n) is 5.29. The molecule has 2 aromatic rings. The van der Waals surface area contributed by atoms with Crippen LogP contribution in [0, 0.1) is 17.2 Å². The summed E-state index contributed by atoms with van der Waals surface area (Å²) >= 11 is 7.31. The summed E-state index contributed by atoms with van der Waals surface area (Å²) < 4.78 is 0.936. The van der Waals surface area contributed by atoms with Gasteiger partial charge in [-0.05, 0) is 50.0 Å². The molecule has 0 radical (unpaired) electrons. The highest BCUT2D eigenvalue weighted by Crippen LogP contribution is 2.37. The number of hydrogen-bond acceptors (Lipinski definition) is 4. The third-order valence-electron chi connectivity index (χ3n) is 3.62. The third-order valence-corrected chi connectivity index (χ3v) is 4.95. The van der Waals surface area contributed by atoms with Crippen LogP contribution in [0.4, 0.5) is 0 Å². The average Bonchev–Trinajstić information content (AvgIpc) is 3.21. The van der Waals surface area contributed by atoms with Crippen LogP contribution >= 0.6 is 22.9 Å². The van der Waals surface area contributed by atoms with Crippen molar-refractivity contribution in [1.29, 1.82) is 5.26 Å². The Morgan fingerprint density at radius 1 is 1.57 bits per heavy atom. The molecule has 1 aliphatic carbocycles. The van der Waals surface area contributed by atoms with Gasteiger partial charge in [-0.25, -0.2) is 4.98 Å². The molecule has 3 rings (SSSR count).